The van der Waals surface area contributed by atoms with Crippen LogP contribution in [0.5, 0.6) is 0 Å². The second kappa shape index (κ2) is 6.70. The minimum absolute atomic E-state index is 0.231. The number of hydrogen-bond donors (Lipinski definition) is 2. The third kappa shape index (κ3) is 4.92. The zero-order chi connectivity index (χ0) is 13.5. The summed E-state index contributed by atoms with van der Waals surface area (Å²) in [6, 6.07) is 8.29. The zero-order valence-electron chi connectivity index (χ0n) is 11.5. The van der Waals surface area contributed by atoms with Crippen LogP contribution in [0.4, 0.5) is 5.69 Å². The monoisotopic (exact) mass is 243 g/mol. The van der Waals surface area contributed by atoms with Crippen LogP contribution >= 0.6 is 0 Å². The molecule has 3 nitrogen and oxygen atoms in total. The van der Waals surface area contributed by atoms with E-state index in [-0.39, 0.29) is 6.04 Å². The van der Waals surface area contributed by atoms with Crippen LogP contribution in [-0.4, -0.2) is 18.0 Å². The Morgan fingerprint density at radius 3 is 2.56 bits per heavy atom. The number of aliphatic imine (C=N–C) groups is 1. The molecule has 0 radical (unpaired) electrons. The first-order chi connectivity index (χ1) is 8.51. The van der Waals surface area contributed by atoms with Crippen LogP contribution in [-0.2, 0) is 0 Å². The van der Waals surface area contributed by atoms with Gasteiger partial charge in [0, 0.05) is 23.3 Å². The molecular weight excluding hydrogens is 222 g/mol. The van der Waals surface area contributed by atoms with Gasteiger partial charge in [-0.3, -0.25) is 4.99 Å². The molecule has 0 spiro atoms. The molecule has 0 aromatic heterocycles. The van der Waals surface area contributed by atoms with E-state index in [1.807, 2.05) is 38.1 Å². The summed E-state index contributed by atoms with van der Waals surface area (Å²) < 4.78 is 0. The van der Waals surface area contributed by atoms with Crippen molar-refractivity contribution in [3.05, 3.63) is 29.8 Å². The molecule has 0 saturated carbocycles. The third-order valence-electron chi connectivity index (χ3n) is 2.10. The Hall–Kier alpha value is -1.95. The number of terminal acetylenes is 1. The lowest BCUT2D eigenvalue weighted by molar-refractivity contribution is 0.717. The van der Waals surface area contributed by atoms with Crippen molar-refractivity contribution in [1.29, 1.82) is 0 Å². The molecule has 1 aromatic rings. The van der Waals surface area contributed by atoms with E-state index < -0.39 is 0 Å². The van der Waals surface area contributed by atoms with Gasteiger partial charge in [-0.05, 0) is 45.9 Å². The molecule has 2 N–H and O–H groups in total. The van der Waals surface area contributed by atoms with Crippen LogP contribution < -0.4 is 10.6 Å². The maximum absolute atomic E-state index is 5.39. The quantitative estimate of drug-likeness (QED) is 0.486. The highest BCUT2D eigenvalue weighted by Gasteiger charge is 2.03. The summed E-state index contributed by atoms with van der Waals surface area (Å²) in [6.07, 6.45) is 5.39. The number of guanidine groups is 1. The molecule has 0 heterocycles. The lowest BCUT2D eigenvalue weighted by atomic mass is 10.2. The van der Waals surface area contributed by atoms with Gasteiger partial charge in [-0.2, -0.15) is 0 Å². The summed E-state index contributed by atoms with van der Waals surface area (Å²) in [6.45, 7) is 8.24. The van der Waals surface area contributed by atoms with E-state index >= 15 is 0 Å². The minimum Gasteiger partial charge on any atom is -0.354 e. The molecule has 1 aromatic carbocycles. The Morgan fingerprint density at radius 1 is 1.28 bits per heavy atom. The molecule has 0 atom stereocenters. The van der Waals surface area contributed by atoms with Crippen molar-refractivity contribution < 1.29 is 0 Å². The lowest BCUT2D eigenvalue weighted by Crippen LogP contribution is -2.36. The molecular formula is C15H21N3. The van der Waals surface area contributed by atoms with Crippen molar-refractivity contribution in [3.63, 3.8) is 0 Å². The van der Waals surface area contributed by atoms with E-state index in [0.29, 0.717) is 6.04 Å². The van der Waals surface area contributed by atoms with Crippen LogP contribution in [0.25, 0.3) is 0 Å². The van der Waals surface area contributed by atoms with Crippen molar-refractivity contribution in [2.45, 2.75) is 39.8 Å². The fourth-order valence-corrected chi connectivity index (χ4v) is 1.46. The van der Waals surface area contributed by atoms with Gasteiger partial charge in [-0.1, -0.05) is 12.0 Å². The normalized spacial score (nSPS) is 11.5. The van der Waals surface area contributed by atoms with E-state index in [4.69, 9.17) is 6.42 Å². The second-order valence-electron chi connectivity index (χ2n) is 4.72. The summed E-state index contributed by atoms with van der Waals surface area (Å²) in [5.74, 6) is 3.39. The van der Waals surface area contributed by atoms with E-state index in [0.717, 1.165) is 17.2 Å². The molecule has 0 aliphatic carbocycles. The predicted molar refractivity (Wildman–Crippen MR) is 78.8 cm³/mol. The molecule has 0 saturated heterocycles. The molecule has 3 heteroatoms. The fraction of sp³-hybridized carbons (Fsp3) is 0.400. The molecule has 0 aliphatic heterocycles. The van der Waals surface area contributed by atoms with Crippen molar-refractivity contribution in [3.8, 4) is 12.3 Å². The standard InChI is InChI=1S/C15H21N3/c1-6-13-8-7-9-14(10-13)18-15(16-11(2)3)17-12(4)5/h1,7-12H,2-5H3,(H2,16,17,18). The van der Waals surface area contributed by atoms with Crippen molar-refractivity contribution in [1.82, 2.24) is 5.32 Å². The maximum Gasteiger partial charge on any atom is 0.196 e. The molecule has 0 fully saturated rings. The van der Waals surface area contributed by atoms with E-state index in [2.05, 4.69) is 35.4 Å². The molecule has 0 aliphatic rings. The lowest BCUT2D eigenvalue weighted by Gasteiger charge is -2.16. The van der Waals surface area contributed by atoms with Gasteiger partial charge in [0.05, 0.1) is 0 Å². The Labute approximate surface area is 110 Å². The van der Waals surface area contributed by atoms with Gasteiger partial charge in [0.15, 0.2) is 5.96 Å². The Bertz CT molecular complexity index is 453. The summed E-state index contributed by atoms with van der Waals surface area (Å²) in [5, 5.41) is 6.54. The highest BCUT2D eigenvalue weighted by molar-refractivity contribution is 5.94. The number of rotatable bonds is 3. The van der Waals surface area contributed by atoms with E-state index in [9.17, 15) is 0 Å². The van der Waals surface area contributed by atoms with Gasteiger partial charge in [0.2, 0.25) is 0 Å². The van der Waals surface area contributed by atoms with Gasteiger partial charge >= 0.3 is 0 Å². The minimum atomic E-state index is 0.231. The van der Waals surface area contributed by atoms with E-state index in [1.165, 1.54) is 0 Å². The van der Waals surface area contributed by atoms with Crippen LogP contribution in [0.1, 0.15) is 33.3 Å². The number of nitrogens with one attached hydrogen (secondary N) is 2. The molecule has 0 amide bonds. The Morgan fingerprint density at radius 2 is 2.00 bits per heavy atom. The zero-order valence-corrected chi connectivity index (χ0v) is 11.5. The summed E-state index contributed by atoms with van der Waals surface area (Å²) in [4.78, 5) is 4.51. The third-order valence-corrected chi connectivity index (χ3v) is 2.10. The molecule has 1 rings (SSSR count). The Kier molecular flexibility index (Phi) is 5.26. The first-order valence-corrected chi connectivity index (χ1v) is 6.19. The number of benzene rings is 1. The van der Waals surface area contributed by atoms with Gasteiger partial charge in [-0.25, -0.2) is 0 Å². The Balaban J connectivity index is 2.86. The van der Waals surface area contributed by atoms with Gasteiger partial charge < -0.3 is 10.6 Å². The smallest absolute Gasteiger partial charge is 0.196 e. The topological polar surface area (TPSA) is 36.4 Å². The first-order valence-electron chi connectivity index (χ1n) is 6.19. The summed E-state index contributed by atoms with van der Waals surface area (Å²) in [5.41, 5.74) is 1.80. The second-order valence-corrected chi connectivity index (χ2v) is 4.72. The van der Waals surface area contributed by atoms with Gasteiger partial charge in [0.25, 0.3) is 0 Å². The van der Waals surface area contributed by atoms with Crippen molar-refractivity contribution in [2.75, 3.05) is 5.32 Å². The average Bonchev–Trinajstić information content (AvgIpc) is 2.27. The number of anilines is 1. The molecule has 0 bridgehead atoms. The predicted octanol–water partition coefficient (Wildman–Crippen LogP) is 2.84. The largest absolute Gasteiger partial charge is 0.354 e. The highest BCUT2D eigenvalue weighted by Crippen LogP contribution is 2.09. The van der Waals surface area contributed by atoms with Crippen molar-refractivity contribution >= 4 is 11.6 Å². The molecule has 0 unspecified atom stereocenters. The van der Waals surface area contributed by atoms with Gasteiger partial charge in [-0.15, -0.1) is 6.42 Å². The first kappa shape index (κ1) is 14.1. The number of hydrogen-bond acceptors (Lipinski definition) is 1. The maximum atomic E-state index is 5.39. The fourth-order valence-electron chi connectivity index (χ4n) is 1.46. The molecule has 96 valence electrons. The van der Waals surface area contributed by atoms with Crippen LogP contribution in [0.2, 0.25) is 0 Å². The number of nitrogens with zero attached hydrogens (tertiary/aromatic N) is 1. The van der Waals surface area contributed by atoms with Crippen molar-refractivity contribution in [2.24, 2.45) is 4.99 Å². The highest BCUT2D eigenvalue weighted by atomic mass is 15.2. The van der Waals surface area contributed by atoms with Crippen LogP contribution in [0.3, 0.4) is 0 Å². The van der Waals surface area contributed by atoms with Crippen LogP contribution in [0.15, 0.2) is 29.3 Å². The summed E-state index contributed by atoms with van der Waals surface area (Å²) in [7, 11) is 0. The van der Waals surface area contributed by atoms with Gasteiger partial charge in [0.1, 0.15) is 0 Å². The molecule has 18 heavy (non-hydrogen) atoms. The van der Waals surface area contributed by atoms with Crippen LogP contribution in [0, 0.1) is 12.3 Å². The SMILES string of the molecule is C#Cc1cccc(NC(=NC(C)C)NC(C)C)c1. The van der Waals surface area contributed by atoms with E-state index in [1.54, 1.807) is 0 Å². The summed E-state index contributed by atoms with van der Waals surface area (Å²) >= 11 is 0. The average molecular weight is 243 g/mol.